The molecule has 0 saturated carbocycles. The Labute approximate surface area is 95.0 Å². The number of ether oxygens (including phenoxy) is 2. The van der Waals surface area contributed by atoms with Crippen LogP contribution >= 0.6 is 0 Å². The minimum absolute atomic E-state index is 0.0885. The van der Waals surface area contributed by atoms with Gasteiger partial charge in [-0.3, -0.25) is 4.79 Å². The van der Waals surface area contributed by atoms with E-state index in [4.69, 9.17) is 15.2 Å². The third-order valence-electron chi connectivity index (χ3n) is 2.27. The lowest BCUT2D eigenvalue weighted by molar-refractivity contribution is -0.150. The smallest absolute Gasteiger partial charge is 0.323 e. The number of hydrogen-bond donors (Lipinski definition) is 1. The van der Waals surface area contributed by atoms with E-state index in [1.54, 1.807) is 0 Å². The second kappa shape index (κ2) is 5.60. The molecule has 7 heteroatoms. The highest BCUT2D eigenvalue weighted by Crippen LogP contribution is 2.09. The SMILES string of the molecule is CS(=O)(=O)CCC(N)C(=O)OC1CCOC1. The van der Waals surface area contributed by atoms with E-state index >= 15 is 0 Å². The van der Waals surface area contributed by atoms with Crippen molar-refractivity contribution in [2.45, 2.75) is 25.0 Å². The third-order valence-corrected chi connectivity index (χ3v) is 3.25. The van der Waals surface area contributed by atoms with E-state index < -0.39 is 21.8 Å². The van der Waals surface area contributed by atoms with E-state index in [1.807, 2.05) is 0 Å². The molecule has 1 fully saturated rings. The predicted molar refractivity (Wildman–Crippen MR) is 57.6 cm³/mol. The number of carbonyl (C=O) groups excluding carboxylic acids is 1. The molecular formula is C9H17NO5S. The Morgan fingerprint density at radius 1 is 1.62 bits per heavy atom. The number of rotatable bonds is 5. The predicted octanol–water partition coefficient (Wildman–Crippen LogP) is -0.919. The normalized spacial score (nSPS) is 23.0. The second-order valence-electron chi connectivity index (χ2n) is 3.95. The highest BCUT2D eigenvalue weighted by Gasteiger charge is 2.24. The van der Waals surface area contributed by atoms with E-state index in [-0.39, 0.29) is 18.3 Å². The minimum Gasteiger partial charge on any atom is -0.459 e. The van der Waals surface area contributed by atoms with E-state index in [0.717, 1.165) is 6.26 Å². The van der Waals surface area contributed by atoms with Crippen molar-refractivity contribution in [3.63, 3.8) is 0 Å². The van der Waals surface area contributed by atoms with Gasteiger partial charge >= 0.3 is 5.97 Å². The van der Waals surface area contributed by atoms with Crippen LogP contribution in [0.1, 0.15) is 12.8 Å². The van der Waals surface area contributed by atoms with Gasteiger partial charge in [0, 0.05) is 12.7 Å². The van der Waals surface area contributed by atoms with E-state index in [2.05, 4.69) is 0 Å². The Hall–Kier alpha value is -0.660. The first-order valence-corrected chi connectivity index (χ1v) is 7.16. The maximum atomic E-state index is 11.4. The summed E-state index contributed by atoms with van der Waals surface area (Å²) < 4.78 is 31.8. The molecule has 0 aromatic carbocycles. The van der Waals surface area contributed by atoms with Crippen LogP contribution in [0.5, 0.6) is 0 Å². The van der Waals surface area contributed by atoms with Crippen LogP contribution in [0.25, 0.3) is 0 Å². The molecule has 0 spiro atoms. The van der Waals surface area contributed by atoms with Gasteiger partial charge in [-0.15, -0.1) is 0 Å². The summed E-state index contributed by atoms with van der Waals surface area (Å²) in [4.78, 5) is 11.4. The molecule has 1 aliphatic heterocycles. The minimum atomic E-state index is -3.09. The first-order chi connectivity index (χ1) is 7.38. The summed E-state index contributed by atoms with van der Waals surface area (Å²) in [5, 5.41) is 0. The van der Waals surface area contributed by atoms with Gasteiger partial charge in [0.25, 0.3) is 0 Å². The molecule has 2 unspecified atom stereocenters. The molecule has 6 nitrogen and oxygen atoms in total. The van der Waals surface area contributed by atoms with Crippen LogP contribution in [0.4, 0.5) is 0 Å². The average Bonchev–Trinajstić information content (AvgIpc) is 2.65. The first-order valence-electron chi connectivity index (χ1n) is 5.10. The van der Waals surface area contributed by atoms with Crippen molar-refractivity contribution in [3.8, 4) is 0 Å². The zero-order valence-corrected chi connectivity index (χ0v) is 10.0. The van der Waals surface area contributed by atoms with Gasteiger partial charge < -0.3 is 15.2 Å². The second-order valence-corrected chi connectivity index (χ2v) is 6.21. The zero-order chi connectivity index (χ0) is 12.2. The molecule has 0 aromatic rings. The summed E-state index contributed by atoms with van der Waals surface area (Å²) in [6.45, 7) is 0.973. The van der Waals surface area contributed by atoms with Gasteiger partial charge in [0.1, 0.15) is 22.0 Å². The van der Waals surface area contributed by atoms with Crippen molar-refractivity contribution < 1.29 is 22.7 Å². The van der Waals surface area contributed by atoms with Gasteiger partial charge in [-0.2, -0.15) is 0 Å². The summed E-state index contributed by atoms with van der Waals surface area (Å²) in [7, 11) is -3.09. The van der Waals surface area contributed by atoms with Crippen molar-refractivity contribution in [2.24, 2.45) is 5.73 Å². The fourth-order valence-corrected chi connectivity index (χ4v) is 2.00. The van der Waals surface area contributed by atoms with E-state index in [0.29, 0.717) is 19.6 Å². The molecule has 1 aliphatic rings. The molecule has 2 atom stereocenters. The summed E-state index contributed by atoms with van der Waals surface area (Å²) in [6.07, 6.45) is 1.63. The van der Waals surface area contributed by atoms with E-state index in [9.17, 15) is 13.2 Å². The summed E-state index contributed by atoms with van der Waals surface area (Å²) in [6, 6.07) is -0.879. The molecule has 0 aromatic heterocycles. The van der Waals surface area contributed by atoms with Crippen LogP contribution in [0.15, 0.2) is 0 Å². The van der Waals surface area contributed by atoms with Gasteiger partial charge in [-0.1, -0.05) is 0 Å². The highest BCUT2D eigenvalue weighted by molar-refractivity contribution is 7.90. The molecule has 2 N–H and O–H groups in total. The molecule has 0 radical (unpaired) electrons. The molecule has 1 saturated heterocycles. The topological polar surface area (TPSA) is 95.7 Å². The fourth-order valence-electron chi connectivity index (χ4n) is 1.32. The van der Waals surface area contributed by atoms with Crippen LogP contribution < -0.4 is 5.73 Å². The van der Waals surface area contributed by atoms with Crippen molar-refractivity contribution >= 4 is 15.8 Å². The van der Waals surface area contributed by atoms with Crippen LogP contribution in [0.3, 0.4) is 0 Å². The number of esters is 1. The third kappa shape index (κ3) is 4.91. The Morgan fingerprint density at radius 3 is 2.81 bits per heavy atom. The number of sulfone groups is 1. The Bertz CT molecular complexity index is 334. The largest absolute Gasteiger partial charge is 0.459 e. The molecule has 0 amide bonds. The summed E-state index contributed by atoms with van der Waals surface area (Å²) in [5.74, 6) is -0.663. The number of hydrogen-bond acceptors (Lipinski definition) is 6. The maximum absolute atomic E-state index is 11.4. The van der Waals surface area contributed by atoms with Crippen LogP contribution in [0, 0.1) is 0 Å². The first kappa shape index (κ1) is 13.4. The lowest BCUT2D eigenvalue weighted by Gasteiger charge is -2.14. The molecule has 1 heterocycles. The monoisotopic (exact) mass is 251 g/mol. The fraction of sp³-hybridized carbons (Fsp3) is 0.889. The lowest BCUT2D eigenvalue weighted by Crippen LogP contribution is -2.36. The van der Waals surface area contributed by atoms with Crippen LogP contribution in [-0.4, -0.2) is 51.8 Å². The summed E-state index contributed by atoms with van der Waals surface area (Å²) >= 11 is 0. The molecule has 16 heavy (non-hydrogen) atoms. The molecule has 0 aliphatic carbocycles. The molecule has 1 rings (SSSR count). The summed E-state index contributed by atoms with van der Waals surface area (Å²) in [5.41, 5.74) is 5.52. The number of carbonyl (C=O) groups is 1. The van der Waals surface area contributed by atoms with Crippen molar-refractivity contribution in [1.29, 1.82) is 0 Å². The van der Waals surface area contributed by atoms with Gasteiger partial charge in [0.05, 0.1) is 19.0 Å². The van der Waals surface area contributed by atoms with Crippen molar-refractivity contribution in [1.82, 2.24) is 0 Å². The molecule has 94 valence electrons. The Morgan fingerprint density at radius 2 is 2.31 bits per heavy atom. The van der Waals surface area contributed by atoms with Crippen LogP contribution in [-0.2, 0) is 24.1 Å². The van der Waals surface area contributed by atoms with Crippen molar-refractivity contribution in [2.75, 3.05) is 25.2 Å². The Kier molecular flexibility index (Phi) is 4.69. The average molecular weight is 251 g/mol. The van der Waals surface area contributed by atoms with Gasteiger partial charge in [0.2, 0.25) is 0 Å². The quantitative estimate of drug-likeness (QED) is 0.635. The molecule has 0 bridgehead atoms. The highest BCUT2D eigenvalue weighted by atomic mass is 32.2. The van der Waals surface area contributed by atoms with E-state index in [1.165, 1.54) is 0 Å². The maximum Gasteiger partial charge on any atom is 0.323 e. The van der Waals surface area contributed by atoms with Gasteiger partial charge in [0.15, 0.2) is 0 Å². The van der Waals surface area contributed by atoms with Crippen molar-refractivity contribution in [3.05, 3.63) is 0 Å². The zero-order valence-electron chi connectivity index (χ0n) is 9.22. The number of nitrogens with two attached hydrogens (primary N) is 1. The van der Waals surface area contributed by atoms with Gasteiger partial charge in [-0.05, 0) is 6.42 Å². The van der Waals surface area contributed by atoms with Gasteiger partial charge in [-0.25, -0.2) is 8.42 Å². The Balaban J connectivity index is 2.29. The van der Waals surface area contributed by atoms with Crippen LogP contribution in [0.2, 0.25) is 0 Å². The lowest BCUT2D eigenvalue weighted by atomic mass is 10.2. The standard InChI is InChI=1S/C9H17NO5S/c1-16(12,13)5-3-8(10)9(11)15-7-2-4-14-6-7/h7-8H,2-6,10H2,1H3. The molecular weight excluding hydrogens is 234 g/mol.